The molecule has 0 radical (unpaired) electrons. The lowest BCUT2D eigenvalue weighted by Crippen LogP contribution is -2.32. The van der Waals surface area contributed by atoms with Gasteiger partial charge in [0.25, 0.3) is 0 Å². The van der Waals surface area contributed by atoms with Crippen LogP contribution in [-0.4, -0.2) is 41.8 Å². The Kier molecular flexibility index (Phi) is 7.21. The number of rotatable bonds is 7. The van der Waals surface area contributed by atoms with Crippen LogP contribution in [0.5, 0.6) is 5.88 Å². The molecule has 0 aliphatic carbocycles. The SMILES string of the molecule is COc1cc(N2CCCCC2)nc(NC(=S)NCCCc2ccccc2)n1. The molecule has 0 spiro atoms. The molecule has 0 atom stereocenters. The molecule has 6 nitrogen and oxygen atoms in total. The summed E-state index contributed by atoms with van der Waals surface area (Å²) in [6, 6.07) is 12.3. The Morgan fingerprint density at radius 2 is 1.93 bits per heavy atom. The van der Waals surface area contributed by atoms with Crippen molar-refractivity contribution in [3.8, 4) is 5.88 Å². The van der Waals surface area contributed by atoms with E-state index in [2.05, 4.69) is 49.8 Å². The first kappa shape index (κ1) is 19.4. The Balaban J connectivity index is 1.51. The number of nitrogens with one attached hydrogen (secondary N) is 2. The van der Waals surface area contributed by atoms with Gasteiger partial charge in [0.05, 0.1) is 7.11 Å². The highest BCUT2D eigenvalue weighted by Crippen LogP contribution is 2.22. The molecule has 2 heterocycles. The van der Waals surface area contributed by atoms with Crippen molar-refractivity contribution in [3.05, 3.63) is 42.0 Å². The molecular formula is C20H27N5OS. The van der Waals surface area contributed by atoms with E-state index in [0.29, 0.717) is 16.9 Å². The molecule has 0 amide bonds. The fourth-order valence-electron chi connectivity index (χ4n) is 3.14. The van der Waals surface area contributed by atoms with Crippen LogP contribution in [0.2, 0.25) is 0 Å². The Labute approximate surface area is 166 Å². The summed E-state index contributed by atoms with van der Waals surface area (Å²) in [7, 11) is 1.62. The fourth-order valence-corrected chi connectivity index (χ4v) is 3.34. The number of aryl methyl sites for hydroxylation is 1. The largest absolute Gasteiger partial charge is 0.481 e. The fraction of sp³-hybridized carbons (Fsp3) is 0.450. The van der Waals surface area contributed by atoms with Crippen molar-refractivity contribution in [2.75, 3.05) is 37.0 Å². The zero-order valence-electron chi connectivity index (χ0n) is 15.8. The van der Waals surface area contributed by atoms with E-state index in [0.717, 1.165) is 38.3 Å². The van der Waals surface area contributed by atoms with Crippen LogP contribution in [0.25, 0.3) is 0 Å². The van der Waals surface area contributed by atoms with Crippen LogP contribution in [0, 0.1) is 0 Å². The third-order valence-electron chi connectivity index (χ3n) is 4.57. The van der Waals surface area contributed by atoms with Gasteiger partial charge in [-0.15, -0.1) is 0 Å². The Morgan fingerprint density at radius 3 is 2.67 bits per heavy atom. The van der Waals surface area contributed by atoms with E-state index >= 15 is 0 Å². The molecule has 0 saturated carbocycles. The summed E-state index contributed by atoms with van der Waals surface area (Å²) in [5.41, 5.74) is 1.33. The van der Waals surface area contributed by atoms with Crippen LogP contribution in [0.4, 0.5) is 11.8 Å². The standard InChI is InChI=1S/C20H27N5OS/c1-26-18-15-17(25-13-6-3-7-14-25)22-19(23-18)24-20(27)21-12-8-11-16-9-4-2-5-10-16/h2,4-5,9-10,15H,3,6-8,11-14H2,1H3,(H2,21,22,23,24,27). The van der Waals surface area contributed by atoms with E-state index < -0.39 is 0 Å². The highest BCUT2D eigenvalue weighted by molar-refractivity contribution is 7.80. The van der Waals surface area contributed by atoms with Crippen LogP contribution >= 0.6 is 12.2 Å². The van der Waals surface area contributed by atoms with Gasteiger partial charge in [-0.05, 0) is 49.9 Å². The van der Waals surface area contributed by atoms with Gasteiger partial charge in [-0.25, -0.2) is 0 Å². The zero-order chi connectivity index (χ0) is 18.9. The van der Waals surface area contributed by atoms with Gasteiger partial charge in [-0.1, -0.05) is 30.3 Å². The van der Waals surface area contributed by atoms with Crippen LogP contribution in [0.1, 0.15) is 31.2 Å². The molecule has 1 saturated heterocycles. The third kappa shape index (κ3) is 6.06. The lowest BCUT2D eigenvalue weighted by molar-refractivity contribution is 0.397. The number of ether oxygens (including phenoxy) is 1. The van der Waals surface area contributed by atoms with Gasteiger partial charge in [0.2, 0.25) is 11.8 Å². The Hall–Kier alpha value is -2.41. The van der Waals surface area contributed by atoms with Gasteiger partial charge >= 0.3 is 0 Å². The topological polar surface area (TPSA) is 62.3 Å². The van der Waals surface area contributed by atoms with Crippen molar-refractivity contribution < 1.29 is 4.74 Å². The molecule has 1 aliphatic rings. The second kappa shape index (κ2) is 10.1. The first-order chi connectivity index (χ1) is 13.2. The van der Waals surface area contributed by atoms with Crippen molar-refractivity contribution in [1.29, 1.82) is 0 Å². The maximum Gasteiger partial charge on any atom is 0.234 e. The minimum absolute atomic E-state index is 0.468. The number of hydrogen-bond acceptors (Lipinski definition) is 5. The molecule has 7 heteroatoms. The predicted octanol–water partition coefficient (Wildman–Crippen LogP) is 3.39. The molecule has 1 aliphatic heterocycles. The molecule has 27 heavy (non-hydrogen) atoms. The predicted molar refractivity (Wildman–Crippen MR) is 114 cm³/mol. The van der Waals surface area contributed by atoms with E-state index in [1.807, 2.05) is 12.1 Å². The highest BCUT2D eigenvalue weighted by atomic mass is 32.1. The molecule has 0 bridgehead atoms. The molecule has 1 fully saturated rings. The Morgan fingerprint density at radius 1 is 1.15 bits per heavy atom. The summed E-state index contributed by atoms with van der Waals surface area (Å²) < 4.78 is 5.33. The van der Waals surface area contributed by atoms with Crippen LogP contribution < -0.4 is 20.3 Å². The minimum atomic E-state index is 0.468. The van der Waals surface area contributed by atoms with E-state index in [1.165, 1.54) is 24.8 Å². The molecule has 144 valence electrons. The molecular weight excluding hydrogens is 358 g/mol. The smallest absolute Gasteiger partial charge is 0.234 e. The van der Waals surface area contributed by atoms with Crippen molar-refractivity contribution in [1.82, 2.24) is 15.3 Å². The van der Waals surface area contributed by atoms with Gasteiger partial charge in [-0.2, -0.15) is 9.97 Å². The van der Waals surface area contributed by atoms with Gasteiger partial charge in [0.15, 0.2) is 5.11 Å². The van der Waals surface area contributed by atoms with E-state index in [4.69, 9.17) is 17.0 Å². The van der Waals surface area contributed by atoms with Crippen molar-refractivity contribution in [3.63, 3.8) is 0 Å². The van der Waals surface area contributed by atoms with Crippen LogP contribution in [0.15, 0.2) is 36.4 Å². The molecule has 0 unspecified atom stereocenters. The van der Waals surface area contributed by atoms with Crippen molar-refractivity contribution >= 4 is 29.1 Å². The molecule has 2 aromatic rings. The highest BCUT2D eigenvalue weighted by Gasteiger charge is 2.15. The number of thiocarbonyl (C=S) groups is 1. The van der Waals surface area contributed by atoms with Crippen LogP contribution in [-0.2, 0) is 6.42 Å². The average molecular weight is 386 g/mol. The summed E-state index contributed by atoms with van der Waals surface area (Å²) in [4.78, 5) is 11.3. The number of hydrogen-bond donors (Lipinski definition) is 2. The quantitative estimate of drug-likeness (QED) is 0.559. The summed E-state index contributed by atoms with van der Waals surface area (Å²) in [5, 5.41) is 6.84. The summed E-state index contributed by atoms with van der Waals surface area (Å²) in [5.74, 6) is 1.89. The second-order valence-corrected chi connectivity index (χ2v) is 7.02. The number of aromatic nitrogens is 2. The van der Waals surface area contributed by atoms with Gasteiger partial charge < -0.3 is 20.3 Å². The summed E-state index contributed by atoms with van der Waals surface area (Å²) in [6.45, 7) is 2.83. The van der Waals surface area contributed by atoms with Crippen molar-refractivity contribution in [2.24, 2.45) is 0 Å². The molecule has 3 rings (SSSR count). The lowest BCUT2D eigenvalue weighted by Gasteiger charge is -2.28. The van der Waals surface area contributed by atoms with Gasteiger partial charge in [0.1, 0.15) is 5.82 Å². The Bertz CT molecular complexity index is 734. The normalized spacial score (nSPS) is 13.9. The molecule has 1 aromatic heterocycles. The van der Waals surface area contributed by atoms with Crippen LogP contribution in [0.3, 0.4) is 0 Å². The molecule has 2 N–H and O–H groups in total. The number of benzene rings is 1. The maximum atomic E-state index is 5.39. The summed E-state index contributed by atoms with van der Waals surface area (Å²) in [6.07, 6.45) is 5.68. The first-order valence-electron chi connectivity index (χ1n) is 9.51. The third-order valence-corrected chi connectivity index (χ3v) is 4.82. The number of nitrogens with zero attached hydrogens (tertiary/aromatic N) is 3. The number of anilines is 2. The van der Waals surface area contributed by atoms with E-state index in [1.54, 1.807) is 7.11 Å². The summed E-state index contributed by atoms with van der Waals surface area (Å²) >= 11 is 5.39. The zero-order valence-corrected chi connectivity index (χ0v) is 16.6. The number of methoxy groups -OCH3 is 1. The van der Waals surface area contributed by atoms with E-state index in [9.17, 15) is 0 Å². The molecule has 1 aromatic carbocycles. The average Bonchev–Trinajstić information content (AvgIpc) is 2.72. The minimum Gasteiger partial charge on any atom is -0.481 e. The van der Waals surface area contributed by atoms with Gasteiger partial charge in [0, 0.05) is 25.7 Å². The van der Waals surface area contributed by atoms with Gasteiger partial charge in [-0.3, -0.25) is 0 Å². The number of piperidine rings is 1. The lowest BCUT2D eigenvalue weighted by atomic mass is 10.1. The second-order valence-electron chi connectivity index (χ2n) is 6.61. The first-order valence-corrected chi connectivity index (χ1v) is 9.92. The monoisotopic (exact) mass is 385 g/mol. The van der Waals surface area contributed by atoms with E-state index in [-0.39, 0.29) is 0 Å². The maximum absolute atomic E-state index is 5.39. The van der Waals surface area contributed by atoms with Crippen molar-refractivity contribution in [2.45, 2.75) is 32.1 Å².